The van der Waals surface area contributed by atoms with Gasteiger partial charge in [-0.2, -0.15) is 24.9 Å². The van der Waals surface area contributed by atoms with Gasteiger partial charge < -0.3 is 97.3 Å². The number of ether oxygens (including phenoxy) is 5. The third-order valence-electron chi connectivity index (χ3n) is 21.0. The molecule has 148 heavy (non-hydrogen) atoms. The van der Waals surface area contributed by atoms with Crippen molar-refractivity contribution in [3.8, 4) is 53.7 Å². The van der Waals surface area contributed by atoms with E-state index in [1.165, 1.54) is 24.3 Å². The van der Waals surface area contributed by atoms with Gasteiger partial charge in [0.05, 0.1) is 31.3 Å². The molecule has 36 heteroatoms. The number of hydrogen-bond acceptors (Lipinski definition) is 31. The van der Waals surface area contributed by atoms with E-state index in [-0.39, 0.29) is 60.5 Å². The molecule has 8 aromatic carbocycles. The number of likely N-dealkylation sites (N-methyl/N-ethyl adjacent to an activating group) is 1. The van der Waals surface area contributed by atoms with Crippen LogP contribution in [0.15, 0.2) is 317 Å². The average Bonchev–Trinajstić information content (AvgIpc) is 1.00. The molecular formula is C112H114FN25O10. The van der Waals surface area contributed by atoms with E-state index in [4.69, 9.17) is 36.5 Å². The summed E-state index contributed by atoms with van der Waals surface area (Å²) in [7, 11) is 3.87. The Morgan fingerprint density at radius 1 is 0.453 bits per heavy atom. The van der Waals surface area contributed by atoms with Crippen molar-refractivity contribution in [1.29, 1.82) is 0 Å². The summed E-state index contributed by atoms with van der Waals surface area (Å²) in [6.07, 6.45) is 31.4. The van der Waals surface area contributed by atoms with Crippen LogP contribution in [-0.4, -0.2) is 166 Å². The lowest BCUT2D eigenvalue weighted by molar-refractivity contribution is -0.127. The van der Waals surface area contributed by atoms with Crippen molar-refractivity contribution in [3.63, 3.8) is 0 Å². The first-order valence-electron chi connectivity index (χ1n) is 46.9. The number of ketones is 1. The van der Waals surface area contributed by atoms with Gasteiger partial charge in [-0.25, -0.2) is 34.3 Å². The molecule has 0 spiro atoms. The molecule has 2 aliphatic heterocycles. The van der Waals surface area contributed by atoms with Crippen molar-refractivity contribution in [1.82, 2.24) is 64.6 Å². The normalized spacial score (nSPS) is 12.1. The number of halogens is 1. The molecule has 2 fully saturated rings. The van der Waals surface area contributed by atoms with Crippen LogP contribution in [0.4, 0.5) is 120 Å². The van der Waals surface area contributed by atoms with Gasteiger partial charge in [0.2, 0.25) is 65.1 Å². The molecule has 8 heterocycles. The minimum Gasteiger partial charge on any atom is -0.481 e. The molecular weight excluding hydrogens is 1870 g/mol. The molecule has 35 nitrogen and oxygen atoms in total. The first-order valence-corrected chi connectivity index (χ1v) is 46.9. The number of rotatable bonds is 37. The predicted octanol–water partition coefficient (Wildman–Crippen LogP) is 21.1. The maximum atomic E-state index is 14.3. The summed E-state index contributed by atoms with van der Waals surface area (Å²) in [5.41, 5.74) is 13.2. The summed E-state index contributed by atoms with van der Waals surface area (Å²) in [5, 5.41) is 36.8. The quantitative estimate of drug-likeness (QED) is 0.00977. The first-order chi connectivity index (χ1) is 71.7. The molecule has 14 aromatic rings. The van der Waals surface area contributed by atoms with E-state index in [0.717, 1.165) is 106 Å². The van der Waals surface area contributed by atoms with E-state index in [0.29, 0.717) is 124 Å². The number of allylic oxidation sites excluding steroid dienone is 2. The summed E-state index contributed by atoms with van der Waals surface area (Å²) in [4.78, 5) is 111. The number of piperidine rings is 1. The minimum absolute atomic E-state index is 0.00557. The third-order valence-corrected chi connectivity index (χ3v) is 21.0. The molecule has 16 rings (SSSR count). The number of aromatic nitrogens is 11. The zero-order valence-corrected chi connectivity index (χ0v) is 83.0. The van der Waals surface area contributed by atoms with Crippen LogP contribution in [0.2, 0.25) is 0 Å². The molecule has 2 saturated heterocycles. The monoisotopic (exact) mass is 1990 g/mol. The molecule has 0 unspecified atom stereocenters. The van der Waals surface area contributed by atoms with Crippen LogP contribution in [-0.2, 0) is 23.9 Å². The zero-order valence-electron chi connectivity index (χ0n) is 83.0. The van der Waals surface area contributed by atoms with Crippen LogP contribution in [0.1, 0.15) is 65.7 Å². The van der Waals surface area contributed by atoms with Crippen LogP contribution in [0, 0.1) is 58.2 Å². The van der Waals surface area contributed by atoms with Crippen molar-refractivity contribution in [2.75, 3.05) is 124 Å². The number of carbonyl (C=O) groups excluding carboxylic acids is 5. The lowest BCUT2D eigenvalue weighted by Gasteiger charge is -2.32. The van der Waals surface area contributed by atoms with Crippen molar-refractivity contribution in [2.45, 2.75) is 73.0 Å². The number of carbonyl (C=O) groups is 5. The Labute approximate surface area is 858 Å². The number of aryl methyl sites for hydroxylation is 4. The molecule has 12 N–H and O–H groups in total. The van der Waals surface area contributed by atoms with Crippen LogP contribution >= 0.6 is 0 Å². The number of amides is 4. The standard InChI is InChI=1S/C26H27N5O3.C23H21N5O2.C22H21FN6O3.C22H22N4O.C19H23N5O/c1-5-15-33-22-11-6-10-21(16-22)29-26-27-18-19(2)25(30-26)34-23-12-7-9-20(17-23)28-24(32)13-8-14-31(3)4;1-4-12-30-20-11-7-10-19(14-20)27-23-24-15-16(3)22(28-23)26-18-9-6-8-17(13-18)25-21(29)5-2;1-2-19(30)26-14-4-3-5-15(10-14)27-21-18(23)12-25-22(29-21)28-16-6-7-20(24-11-16)32-17-8-9-31-13-17;1-15(2)13-20(27)17-9-11-19(12-10-17)24-21-16(3)14-23-22(26-21)25-18-7-5-4-6-8-18;1-3-17(25)24-11-9-16(10-12-24)21-18-14(2)13-20-19(23-18)22-15-7-5-4-6-8-15/h1,6-13,16-18H,14-15H2,2-4H3,(H,28,32)(H,27,29,30);1,5-11,13-15H,2,12H2,3H3,(H,25,29)(H2,24,26,27,28);2-7,10-12,17H,1,8-9,13H2,(H,26,30)(H2,25,27,28,29);4-14H,1-3H3,(H2,23,24,25,26);3-8,13,16H,1,9-12H2,2H3,(H2,20,21,22,23)/b13-8+;;;;/t;;17-;;/m..1../s1. The fourth-order valence-corrected chi connectivity index (χ4v) is 13.7. The number of nitrogens with zero attached hydrogens (tertiary/aromatic N) is 13. The fraction of sp³-hybridized carbons (Fsp3) is 0.179. The number of pyridine rings is 1. The summed E-state index contributed by atoms with van der Waals surface area (Å²) < 4.78 is 42.2. The van der Waals surface area contributed by atoms with E-state index in [1.807, 2.05) is 217 Å². The van der Waals surface area contributed by atoms with Gasteiger partial charge >= 0.3 is 0 Å². The summed E-state index contributed by atoms with van der Waals surface area (Å²) in [6.45, 7) is 25.7. The molecule has 0 aliphatic carbocycles. The van der Waals surface area contributed by atoms with E-state index in [2.05, 4.69) is 150 Å². The Bertz CT molecular complexity index is 7040. The molecule has 2 aliphatic rings. The van der Waals surface area contributed by atoms with Crippen molar-refractivity contribution >= 4 is 145 Å². The van der Waals surface area contributed by atoms with E-state index in [9.17, 15) is 28.4 Å². The number of benzene rings is 8. The van der Waals surface area contributed by atoms with Crippen LogP contribution in [0.5, 0.6) is 29.0 Å². The highest BCUT2D eigenvalue weighted by Gasteiger charge is 2.24. The smallest absolute Gasteiger partial charge is 0.248 e. The molecule has 1 atom stereocenters. The average molecular weight is 1990 g/mol. The van der Waals surface area contributed by atoms with Gasteiger partial charge in [0.15, 0.2) is 17.4 Å². The number of terminal acetylenes is 2. The van der Waals surface area contributed by atoms with Crippen LogP contribution in [0.3, 0.4) is 0 Å². The summed E-state index contributed by atoms with van der Waals surface area (Å²) in [6, 6.07) is 66.7. The number of likely N-dealkylation sites (tertiary alicyclic amines) is 1. The second-order valence-corrected chi connectivity index (χ2v) is 33.5. The lowest BCUT2D eigenvalue weighted by atomic mass is 10.0. The molecule has 6 aromatic heterocycles. The second kappa shape index (κ2) is 56.0. The fourth-order valence-electron chi connectivity index (χ4n) is 13.7. The van der Waals surface area contributed by atoms with Crippen molar-refractivity contribution in [3.05, 3.63) is 351 Å². The lowest BCUT2D eigenvalue weighted by Crippen LogP contribution is -2.41. The Kier molecular flexibility index (Phi) is 40.7. The predicted molar refractivity (Wildman–Crippen MR) is 581 cm³/mol. The van der Waals surface area contributed by atoms with Gasteiger partial charge in [-0.1, -0.05) is 110 Å². The Morgan fingerprint density at radius 3 is 1.38 bits per heavy atom. The maximum absolute atomic E-state index is 14.3. The van der Waals surface area contributed by atoms with Crippen LogP contribution < -0.4 is 82.7 Å². The molecule has 0 bridgehead atoms. The highest BCUT2D eigenvalue weighted by molar-refractivity contribution is 6.05. The van der Waals surface area contributed by atoms with Gasteiger partial charge in [0.25, 0.3) is 0 Å². The second-order valence-electron chi connectivity index (χ2n) is 33.5. The zero-order chi connectivity index (χ0) is 105. The van der Waals surface area contributed by atoms with Crippen molar-refractivity contribution < 1.29 is 52.0 Å². The molecule has 754 valence electrons. The Morgan fingerprint density at radius 2 is 0.878 bits per heavy atom. The topological polar surface area (TPSA) is 424 Å². The van der Waals surface area contributed by atoms with E-state index < -0.39 is 5.82 Å². The number of para-hydroxylation sites is 2. The van der Waals surface area contributed by atoms with Gasteiger partial charge in [-0.3, -0.25) is 24.0 Å². The largest absolute Gasteiger partial charge is 0.481 e. The molecule has 0 saturated carbocycles. The Balaban J connectivity index is 0.000000165. The minimum atomic E-state index is -0.628. The SMILES string of the molecule is C#CCOc1cccc(Nc2ncc(C)c(Nc3cccc(NC(=O)C=C)c3)n2)c1.C#CCOc1cccc(Nc2ncc(C)c(Oc3cccc(NC(=O)/C=C/CN(C)C)c3)n2)c1.C=CC(=O)N1CCC(Nc2nc(Nc3ccccc3)ncc2C)CC1.C=CC(=O)Nc1cccc(Nc2nc(Nc3ccc(O[C@@H]4CCOC4)nc3)ncc2F)c1.CC(C)=CC(=O)c1ccc(Nc2nc(Nc3ccccc3)ncc2C)cc1. The first kappa shape index (κ1) is 108. The van der Waals surface area contributed by atoms with Gasteiger partial charge in [0.1, 0.15) is 54.0 Å². The van der Waals surface area contributed by atoms with Crippen molar-refractivity contribution in [2.24, 2.45) is 0 Å². The summed E-state index contributed by atoms with van der Waals surface area (Å²) >= 11 is 0. The van der Waals surface area contributed by atoms with Crippen LogP contribution in [0.25, 0.3) is 0 Å². The van der Waals surface area contributed by atoms with E-state index >= 15 is 0 Å². The van der Waals surface area contributed by atoms with Gasteiger partial charge in [0, 0.05) is 172 Å². The number of anilines is 20. The van der Waals surface area contributed by atoms with Gasteiger partial charge in [-0.15, -0.1) is 12.8 Å². The van der Waals surface area contributed by atoms with Gasteiger partial charge in [-0.05, 0) is 220 Å². The Hall–Kier alpha value is -19.1. The number of nitrogens with one attached hydrogen (secondary N) is 12. The summed E-state index contributed by atoms with van der Waals surface area (Å²) in [5.74, 6) is 10.4. The number of hydrogen-bond donors (Lipinski definition) is 12. The molecule has 0 radical (unpaired) electrons. The van der Waals surface area contributed by atoms with E-state index in [1.54, 1.807) is 110 Å². The highest BCUT2D eigenvalue weighted by Crippen LogP contribution is 2.33. The maximum Gasteiger partial charge on any atom is 0.248 e. The molecule has 4 amide bonds. The third kappa shape index (κ3) is 35.9. The highest BCUT2D eigenvalue weighted by atomic mass is 19.1.